The summed E-state index contributed by atoms with van der Waals surface area (Å²) in [6, 6.07) is 8.88. The molecule has 2 aromatic rings. The lowest BCUT2D eigenvalue weighted by atomic mass is 10.1. The van der Waals surface area contributed by atoms with Crippen molar-refractivity contribution in [1.29, 1.82) is 0 Å². The van der Waals surface area contributed by atoms with Gasteiger partial charge in [-0.05, 0) is 45.8 Å². The smallest absolute Gasteiger partial charge is 0.341 e. The largest absolute Gasteiger partial charge is 0.493 e. The number of nitrogens with zero attached hydrogens (tertiary/aromatic N) is 2. The monoisotopic (exact) mass is 524 g/mol. The van der Waals surface area contributed by atoms with Crippen LogP contribution in [0.1, 0.15) is 5.56 Å². The quantitative estimate of drug-likeness (QED) is 0.245. The van der Waals surface area contributed by atoms with Crippen molar-refractivity contribution in [1.82, 2.24) is 0 Å². The first-order valence-electron chi connectivity index (χ1n) is 8.45. The van der Waals surface area contributed by atoms with Crippen molar-refractivity contribution in [2.24, 2.45) is 0 Å². The summed E-state index contributed by atoms with van der Waals surface area (Å²) in [7, 11) is 1.40. The molecule has 0 spiro atoms. The zero-order valence-corrected chi connectivity index (χ0v) is 19.0. The van der Waals surface area contributed by atoms with Gasteiger partial charge in [-0.25, -0.2) is 4.79 Å². The second-order valence-electron chi connectivity index (χ2n) is 6.01. The highest BCUT2D eigenvalue weighted by Gasteiger charge is 2.34. The van der Waals surface area contributed by atoms with Crippen LogP contribution in [0.2, 0.25) is 0 Å². The highest BCUT2D eigenvalue weighted by atomic mass is 79.9. The lowest BCUT2D eigenvalue weighted by Crippen LogP contribution is -2.27. The number of non-ortho nitro benzene ring substituents is 1. The van der Waals surface area contributed by atoms with Crippen LogP contribution in [0.25, 0.3) is 6.08 Å². The van der Waals surface area contributed by atoms with E-state index in [4.69, 9.17) is 26.8 Å². The molecule has 0 atom stereocenters. The molecule has 1 aliphatic heterocycles. The Morgan fingerprint density at radius 3 is 2.77 bits per heavy atom. The van der Waals surface area contributed by atoms with E-state index in [1.165, 1.54) is 30.2 Å². The maximum absolute atomic E-state index is 12.9. The summed E-state index contributed by atoms with van der Waals surface area (Å²) in [5.74, 6) is -1.07. The molecule has 1 fully saturated rings. The third-order valence-electron chi connectivity index (χ3n) is 3.98. The Morgan fingerprint density at radius 1 is 1.39 bits per heavy atom. The Kier molecular flexibility index (Phi) is 6.93. The van der Waals surface area contributed by atoms with Gasteiger partial charge >= 0.3 is 5.97 Å². The Labute approximate surface area is 193 Å². The van der Waals surface area contributed by atoms with E-state index in [1.54, 1.807) is 24.3 Å². The van der Waals surface area contributed by atoms with Crippen molar-refractivity contribution in [3.8, 4) is 11.5 Å². The van der Waals surface area contributed by atoms with Gasteiger partial charge in [0, 0.05) is 12.1 Å². The van der Waals surface area contributed by atoms with Gasteiger partial charge in [0.2, 0.25) is 0 Å². The van der Waals surface area contributed by atoms with Crippen molar-refractivity contribution in [2.75, 3.05) is 18.6 Å². The van der Waals surface area contributed by atoms with Gasteiger partial charge in [-0.3, -0.25) is 19.8 Å². The van der Waals surface area contributed by atoms with Crippen LogP contribution in [0.5, 0.6) is 11.5 Å². The molecule has 0 radical (unpaired) electrons. The van der Waals surface area contributed by atoms with Gasteiger partial charge in [0.05, 0.1) is 27.1 Å². The summed E-state index contributed by atoms with van der Waals surface area (Å²) in [6.07, 6.45) is 1.59. The van der Waals surface area contributed by atoms with Crippen molar-refractivity contribution >= 4 is 73.6 Å². The number of carbonyl (C=O) groups excluding carboxylic acids is 1. The first-order valence-corrected chi connectivity index (χ1v) is 10.5. The van der Waals surface area contributed by atoms with E-state index in [0.29, 0.717) is 20.6 Å². The van der Waals surface area contributed by atoms with E-state index in [9.17, 15) is 19.7 Å². The highest BCUT2D eigenvalue weighted by molar-refractivity contribution is 9.10. The van der Waals surface area contributed by atoms with E-state index in [2.05, 4.69) is 15.9 Å². The number of thioether (sulfide) groups is 1. The third-order valence-corrected chi connectivity index (χ3v) is 5.87. The molecule has 0 saturated carbocycles. The molecule has 1 N–H and O–H groups in total. The Balaban J connectivity index is 1.92. The Bertz CT molecular complexity index is 1140. The average Bonchev–Trinajstić information content (AvgIpc) is 2.99. The zero-order chi connectivity index (χ0) is 22.7. The van der Waals surface area contributed by atoms with Crippen LogP contribution in [0.4, 0.5) is 11.4 Å². The van der Waals surface area contributed by atoms with Crippen LogP contribution in [0.3, 0.4) is 0 Å². The van der Waals surface area contributed by atoms with Crippen LogP contribution in [0.15, 0.2) is 45.8 Å². The summed E-state index contributed by atoms with van der Waals surface area (Å²) >= 11 is 9.68. The number of hydrogen-bond donors (Lipinski definition) is 1. The van der Waals surface area contributed by atoms with Gasteiger partial charge in [0.15, 0.2) is 22.4 Å². The summed E-state index contributed by atoms with van der Waals surface area (Å²) in [5.41, 5.74) is 0.725. The number of aliphatic carboxylic acids is 1. The summed E-state index contributed by atoms with van der Waals surface area (Å²) in [5, 5.41) is 19.8. The number of thiocarbonyl (C=S) groups is 1. The standard InChI is InChI=1S/C19H13BrN2O7S2/c1-28-14-6-10(5-13(20)17(14)29-9-16(23)24)7-15-18(25)21(19(30)31-15)11-3-2-4-12(8-11)22(26)27/h2-8H,9H2,1H3,(H,23,24)/b15-7+. The molecule has 1 amide bonds. The number of carbonyl (C=O) groups is 2. The third kappa shape index (κ3) is 5.03. The van der Waals surface area contributed by atoms with Crippen LogP contribution in [0, 0.1) is 10.1 Å². The first-order chi connectivity index (χ1) is 14.7. The molecule has 0 bridgehead atoms. The minimum atomic E-state index is -1.14. The van der Waals surface area contributed by atoms with Crippen LogP contribution < -0.4 is 14.4 Å². The molecule has 0 unspecified atom stereocenters. The van der Waals surface area contributed by atoms with E-state index in [0.717, 1.165) is 11.8 Å². The lowest BCUT2D eigenvalue weighted by molar-refractivity contribution is -0.384. The number of benzene rings is 2. The molecule has 1 saturated heterocycles. The number of amides is 1. The normalized spacial score (nSPS) is 14.8. The molecule has 160 valence electrons. The van der Waals surface area contributed by atoms with Gasteiger partial charge in [0.1, 0.15) is 0 Å². The highest BCUT2D eigenvalue weighted by Crippen LogP contribution is 2.40. The molecule has 31 heavy (non-hydrogen) atoms. The van der Waals surface area contributed by atoms with E-state index in [1.807, 2.05) is 0 Å². The van der Waals surface area contributed by atoms with E-state index in [-0.39, 0.29) is 21.5 Å². The van der Waals surface area contributed by atoms with Crippen molar-refractivity contribution in [3.05, 3.63) is 61.5 Å². The molecule has 9 nitrogen and oxygen atoms in total. The average molecular weight is 525 g/mol. The molecule has 1 aliphatic rings. The number of carboxylic acid groups (broad SMARTS) is 1. The van der Waals surface area contributed by atoms with Crippen LogP contribution in [-0.4, -0.2) is 39.9 Å². The SMILES string of the molecule is COc1cc(/C=C2/SC(=S)N(c3cccc([N+](=O)[O-])c3)C2=O)cc(Br)c1OCC(=O)O. The fraction of sp³-hybridized carbons (Fsp3) is 0.105. The molecule has 2 aromatic carbocycles. The number of anilines is 1. The number of halogens is 1. The Hall–Kier alpha value is -2.96. The van der Waals surface area contributed by atoms with Crippen molar-refractivity contribution in [2.45, 2.75) is 0 Å². The van der Waals surface area contributed by atoms with Gasteiger partial charge < -0.3 is 14.6 Å². The fourth-order valence-corrected chi connectivity index (χ4v) is 4.56. The molecule has 1 heterocycles. The van der Waals surface area contributed by atoms with Crippen LogP contribution >= 0.6 is 39.9 Å². The van der Waals surface area contributed by atoms with Gasteiger partial charge in [-0.1, -0.05) is 30.0 Å². The number of rotatable bonds is 7. The van der Waals surface area contributed by atoms with Crippen molar-refractivity contribution in [3.63, 3.8) is 0 Å². The molecule has 0 aromatic heterocycles. The number of nitro benzene ring substituents is 1. The van der Waals surface area contributed by atoms with Gasteiger partial charge in [0.25, 0.3) is 11.6 Å². The minimum Gasteiger partial charge on any atom is -0.493 e. The lowest BCUT2D eigenvalue weighted by Gasteiger charge is -2.14. The number of ether oxygens (including phenoxy) is 2. The predicted molar refractivity (Wildman–Crippen MR) is 123 cm³/mol. The summed E-state index contributed by atoms with van der Waals surface area (Å²) in [6.45, 7) is -0.545. The first kappa shape index (κ1) is 22.7. The number of nitro groups is 1. The second-order valence-corrected chi connectivity index (χ2v) is 8.54. The van der Waals surface area contributed by atoms with Crippen LogP contribution in [-0.2, 0) is 9.59 Å². The maximum Gasteiger partial charge on any atom is 0.341 e. The Morgan fingerprint density at radius 2 is 2.13 bits per heavy atom. The van der Waals surface area contributed by atoms with E-state index >= 15 is 0 Å². The maximum atomic E-state index is 12.9. The molecule has 3 rings (SSSR count). The predicted octanol–water partition coefficient (Wildman–Crippen LogP) is 4.24. The number of methoxy groups -OCH3 is 1. The van der Waals surface area contributed by atoms with Gasteiger partial charge in [-0.2, -0.15) is 0 Å². The summed E-state index contributed by atoms with van der Waals surface area (Å²) < 4.78 is 11.2. The molecule has 12 heteroatoms. The number of hydrogen-bond acceptors (Lipinski definition) is 8. The topological polar surface area (TPSA) is 119 Å². The van der Waals surface area contributed by atoms with Crippen molar-refractivity contribution < 1.29 is 29.1 Å². The zero-order valence-electron chi connectivity index (χ0n) is 15.7. The molecular formula is C19H13BrN2O7S2. The van der Waals surface area contributed by atoms with E-state index < -0.39 is 23.4 Å². The van der Waals surface area contributed by atoms with Gasteiger partial charge in [-0.15, -0.1) is 0 Å². The molecular weight excluding hydrogens is 512 g/mol. The fourth-order valence-electron chi connectivity index (χ4n) is 2.68. The minimum absolute atomic E-state index is 0.152. The number of carboxylic acids is 1. The second kappa shape index (κ2) is 9.45. The summed E-state index contributed by atoms with van der Waals surface area (Å²) in [4.78, 5) is 35.7. The molecule has 0 aliphatic carbocycles.